The van der Waals surface area contributed by atoms with Gasteiger partial charge in [0.25, 0.3) is 0 Å². The summed E-state index contributed by atoms with van der Waals surface area (Å²) in [5.74, 6) is -1.65. The molecule has 2 atom stereocenters. The molecule has 0 amide bonds. The van der Waals surface area contributed by atoms with Gasteiger partial charge in [-0.1, -0.05) is 57.7 Å². The van der Waals surface area contributed by atoms with Gasteiger partial charge in [0, 0.05) is 24.7 Å². The largest absolute Gasteiger partial charge is 0.363 e. The van der Waals surface area contributed by atoms with E-state index in [-0.39, 0.29) is 17.9 Å². The van der Waals surface area contributed by atoms with Gasteiger partial charge in [-0.3, -0.25) is 0 Å². The molecule has 39 heavy (non-hydrogen) atoms. The van der Waals surface area contributed by atoms with E-state index >= 15 is 0 Å². The first-order valence-electron chi connectivity index (χ1n) is 13.3. The van der Waals surface area contributed by atoms with Crippen molar-refractivity contribution in [1.82, 2.24) is 5.32 Å². The highest BCUT2D eigenvalue weighted by atomic mass is 19.1. The van der Waals surface area contributed by atoms with Crippen LogP contribution in [0, 0.1) is 17.0 Å². The number of carbonyl (C=O) groups is 1. The van der Waals surface area contributed by atoms with E-state index in [4.69, 9.17) is 10.6 Å². The maximum Gasteiger partial charge on any atom is 0.363 e. The molecule has 2 unspecified atom stereocenters. The molecule has 4 rings (SSSR count). The third-order valence-electron chi connectivity index (χ3n) is 6.77. The van der Waals surface area contributed by atoms with Crippen LogP contribution in [0.5, 0.6) is 0 Å². The summed E-state index contributed by atoms with van der Waals surface area (Å²) in [4.78, 5) is 18.6. The number of nitrogens with zero attached hydrogens (tertiary/aromatic N) is 1. The fourth-order valence-electron chi connectivity index (χ4n) is 4.90. The number of nitrogens with one attached hydrogen (secondary N) is 1. The molecule has 5 nitrogen and oxygen atoms in total. The molecule has 0 spiro atoms. The monoisotopic (exact) mass is 533 g/mol. The highest BCUT2D eigenvalue weighted by Crippen LogP contribution is 2.36. The Kier molecular flexibility index (Phi) is 8.83. The van der Waals surface area contributed by atoms with E-state index in [1.807, 2.05) is 24.3 Å². The third kappa shape index (κ3) is 7.74. The van der Waals surface area contributed by atoms with Gasteiger partial charge in [-0.2, -0.15) is 0 Å². The third-order valence-corrected chi connectivity index (χ3v) is 6.77. The van der Waals surface area contributed by atoms with Crippen molar-refractivity contribution < 1.29 is 18.4 Å². The van der Waals surface area contributed by atoms with E-state index in [1.54, 1.807) is 17.2 Å². The van der Waals surface area contributed by atoms with Crippen LogP contribution in [0.15, 0.2) is 78.9 Å². The second kappa shape index (κ2) is 12.1. The Morgan fingerprint density at radius 2 is 1.77 bits per heavy atom. The fraction of sp³-hybridized carbons (Fsp3) is 0.344. The number of hydroxylamine groups is 1. The molecule has 1 aliphatic rings. The van der Waals surface area contributed by atoms with Gasteiger partial charge in [0.1, 0.15) is 11.6 Å². The Labute approximate surface area is 229 Å². The molecular formula is C32H37F2N3O2. The molecule has 3 N–H and O–H groups in total. The summed E-state index contributed by atoms with van der Waals surface area (Å²) in [6.45, 7) is 11.7. The van der Waals surface area contributed by atoms with Crippen LogP contribution in [0.1, 0.15) is 60.3 Å². The van der Waals surface area contributed by atoms with Gasteiger partial charge in [0.2, 0.25) is 0 Å². The molecule has 0 aromatic heterocycles. The molecule has 0 radical (unpaired) electrons. The minimum atomic E-state index is -0.622. The van der Waals surface area contributed by atoms with Crippen LogP contribution in [0.4, 0.5) is 14.5 Å². The van der Waals surface area contributed by atoms with Crippen LogP contribution in [0.3, 0.4) is 0 Å². The van der Waals surface area contributed by atoms with Crippen molar-refractivity contribution >= 4 is 11.7 Å². The molecule has 7 heteroatoms. The first kappa shape index (κ1) is 28.5. The quantitative estimate of drug-likeness (QED) is 0.316. The highest BCUT2D eigenvalue weighted by molar-refractivity contribution is 5.90. The van der Waals surface area contributed by atoms with Crippen molar-refractivity contribution in [3.8, 4) is 0 Å². The normalized spacial score (nSPS) is 15.9. The van der Waals surface area contributed by atoms with Gasteiger partial charge in [0.05, 0.1) is 17.8 Å². The zero-order valence-corrected chi connectivity index (χ0v) is 22.8. The van der Waals surface area contributed by atoms with Crippen LogP contribution in [0.25, 0.3) is 0 Å². The molecule has 1 aliphatic heterocycles. The van der Waals surface area contributed by atoms with Crippen molar-refractivity contribution in [2.24, 2.45) is 11.1 Å². The molecule has 0 fully saturated rings. The fourth-order valence-corrected chi connectivity index (χ4v) is 4.90. The lowest BCUT2D eigenvalue weighted by Crippen LogP contribution is -2.39. The number of hydrogen-bond acceptors (Lipinski definition) is 5. The van der Waals surface area contributed by atoms with Crippen molar-refractivity contribution in [1.29, 1.82) is 0 Å². The lowest BCUT2D eigenvalue weighted by molar-refractivity contribution is 0.0436. The Hall–Kier alpha value is -3.55. The zero-order valence-electron chi connectivity index (χ0n) is 22.8. The summed E-state index contributed by atoms with van der Waals surface area (Å²) in [6, 6.07) is 18.2. The summed E-state index contributed by atoms with van der Waals surface area (Å²) in [6.07, 6.45) is 1.89. The van der Waals surface area contributed by atoms with Crippen LogP contribution < -0.4 is 16.1 Å². The first-order chi connectivity index (χ1) is 18.5. The van der Waals surface area contributed by atoms with Crippen LogP contribution >= 0.6 is 0 Å². The lowest BCUT2D eigenvalue weighted by atomic mass is 9.86. The minimum Gasteiger partial charge on any atom is -0.335 e. The van der Waals surface area contributed by atoms with Gasteiger partial charge in [-0.15, -0.1) is 0 Å². The van der Waals surface area contributed by atoms with Crippen LogP contribution in [-0.2, 0) is 17.7 Å². The molecule has 0 aliphatic carbocycles. The minimum absolute atomic E-state index is 0.0119. The van der Waals surface area contributed by atoms with Crippen molar-refractivity contribution in [2.75, 3.05) is 18.2 Å². The number of nitrogens with two attached hydrogens (primary N) is 1. The topological polar surface area (TPSA) is 67.6 Å². The maximum absolute atomic E-state index is 13.6. The van der Waals surface area contributed by atoms with E-state index in [2.05, 4.69) is 44.8 Å². The van der Waals surface area contributed by atoms with Crippen molar-refractivity contribution in [2.45, 2.75) is 52.1 Å². The average Bonchev–Trinajstić information content (AvgIpc) is 2.86. The maximum atomic E-state index is 13.6. The zero-order chi connectivity index (χ0) is 28.2. The summed E-state index contributed by atoms with van der Waals surface area (Å²) < 4.78 is 27.2. The van der Waals surface area contributed by atoms with Gasteiger partial charge in [0.15, 0.2) is 0 Å². The van der Waals surface area contributed by atoms with Gasteiger partial charge >= 0.3 is 5.97 Å². The SMILES string of the molecule is C=C(CNC1CCN(OC(=O)c2ccccc2)c2ccc(CC(C)(C)C)cc21)C(N)Cc1cc(F)cc(F)c1. The second-order valence-corrected chi connectivity index (χ2v) is 11.4. The Bertz CT molecular complexity index is 1300. The predicted octanol–water partition coefficient (Wildman–Crippen LogP) is 6.29. The molecule has 3 aromatic carbocycles. The number of hydrogen-bond donors (Lipinski definition) is 2. The van der Waals surface area contributed by atoms with Crippen molar-refractivity contribution in [3.05, 3.63) is 113 Å². The van der Waals surface area contributed by atoms with E-state index in [1.165, 1.54) is 17.7 Å². The number of carbonyl (C=O) groups excluding carboxylic acids is 1. The van der Waals surface area contributed by atoms with E-state index < -0.39 is 23.6 Å². The highest BCUT2D eigenvalue weighted by Gasteiger charge is 2.29. The number of halogens is 2. The molecule has 3 aromatic rings. The van der Waals surface area contributed by atoms with E-state index in [0.717, 1.165) is 29.3 Å². The van der Waals surface area contributed by atoms with Gasteiger partial charge < -0.3 is 15.9 Å². The first-order valence-corrected chi connectivity index (χ1v) is 13.3. The molecular weight excluding hydrogens is 496 g/mol. The lowest BCUT2D eigenvalue weighted by Gasteiger charge is -2.35. The summed E-state index contributed by atoms with van der Waals surface area (Å²) in [5, 5.41) is 5.24. The summed E-state index contributed by atoms with van der Waals surface area (Å²) in [5.41, 5.74) is 11.3. The van der Waals surface area contributed by atoms with Crippen LogP contribution in [-0.4, -0.2) is 25.1 Å². The van der Waals surface area contributed by atoms with Crippen LogP contribution in [0.2, 0.25) is 0 Å². The summed E-state index contributed by atoms with van der Waals surface area (Å²) in [7, 11) is 0. The number of fused-ring (bicyclic) bond motifs is 1. The van der Waals surface area contributed by atoms with Gasteiger partial charge in [-0.25, -0.2) is 18.6 Å². The van der Waals surface area contributed by atoms with Gasteiger partial charge in [-0.05, 0) is 77.3 Å². The Morgan fingerprint density at radius 1 is 1.08 bits per heavy atom. The molecule has 0 saturated carbocycles. The Balaban J connectivity index is 1.49. The smallest absolute Gasteiger partial charge is 0.335 e. The van der Waals surface area contributed by atoms with Crippen molar-refractivity contribution in [3.63, 3.8) is 0 Å². The standard InChI is InChI=1S/C32H37F2N3O2/c1-21(28(35)17-23-14-25(33)18-26(34)15-23)20-36-29-12-13-37(39-31(38)24-8-6-5-7-9-24)30-11-10-22(16-27(29)30)19-32(2,3)4/h5-11,14-16,18,28-29,36H,1,12-13,17,19-20,35H2,2-4H3. The molecule has 1 heterocycles. The summed E-state index contributed by atoms with van der Waals surface area (Å²) >= 11 is 0. The van der Waals surface area contributed by atoms with E-state index in [9.17, 15) is 13.6 Å². The van der Waals surface area contributed by atoms with E-state index in [0.29, 0.717) is 30.6 Å². The molecule has 0 bridgehead atoms. The number of anilines is 1. The Morgan fingerprint density at radius 3 is 2.44 bits per heavy atom. The second-order valence-electron chi connectivity index (χ2n) is 11.4. The number of benzene rings is 3. The average molecular weight is 534 g/mol. The molecule has 0 saturated heterocycles. The predicted molar refractivity (Wildman–Crippen MR) is 151 cm³/mol. The molecule has 206 valence electrons. The number of rotatable bonds is 9.